The van der Waals surface area contributed by atoms with Crippen LogP contribution in [0.3, 0.4) is 0 Å². The van der Waals surface area contributed by atoms with Gasteiger partial charge in [0.1, 0.15) is 16.9 Å². The molecule has 1 fully saturated rings. The summed E-state index contributed by atoms with van der Waals surface area (Å²) in [5.41, 5.74) is -0.381. The van der Waals surface area contributed by atoms with Crippen LogP contribution in [0.2, 0.25) is 5.15 Å². The number of carbonyl (C=O) groups is 1. The molecule has 0 saturated carbocycles. The summed E-state index contributed by atoms with van der Waals surface area (Å²) in [5.74, 6) is -0.0774. The Morgan fingerprint density at radius 2 is 2.24 bits per heavy atom. The van der Waals surface area contributed by atoms with E-state index < -0.39 is 10.8 Å². The first-order chi connectivity index (χ1) is 9.97. The summed E-state index contributed by atoms with van der Waals surface area (Å²) >= 11 is 5.71. The number of halogens is 1. The number of nitrogens with zero attached hydrogens (tertiary/aromatic N) is 3. The van der Waals surface area contributed by atoms with E-state index in [9.17, 15) is 14.9 Å². The molecule has 0 radical (unpaired) electrons. The molecule has 0 atom stereocenters. The van der Waals surface area contributed by atoms with Crippen molar-refractivity contribution in [1.29, 1.82) is 0 Å². The summed E-state index contributed by atoms with van der Waals surface area (Å²) in [4.78, 5) is 28.3. The number of hydrogen-bond donors (Lipinski definition) is 1. The molecule has 1 amide bonds. The number of rotatable bonds is 4. The Hall–Kier alpha value is -1.73. The normalized spacial score (nSPS) is 16.7. The second-order valence-electron chi connectivity index (χ2n) is 5.24. The number of likely N-dealkylation sites (tertiary alicyclic amines) is 1. The Morgan fingerprint density at radius 1 is 1.57 bits per heavy atom. The molecule has 114 valence electrons. The molecule has 0 aromatic carbocycles. The molecule has 2 heterocycles. The zero-order valence-electron chi connectivity index (χ0n) is 11.7. The maximum absolute atomic E-state index is 12.1. The largest absolute Gasteiger partial charge is 0.352 e. The highest BCUT2D eigenvalue weighted by Gasteiger charge is 2.23. The predicted octanol–water partition coefficient (Wildman–Crippen LogP) is 1.71. The van der Waals surface area contributed by atoms with E-state index in [1.807, 2.05) is 0 Å². The van der Waals surface area contributed by atoms with Crippen LogP contribution in [0.15, 0.2) is 12.3 Å². The van der Waals surface area contributed by atoms with Crippen molar-refractivity contribution >= 4 is 23.2 Å². The van der Waals surface area contributed by atoms with Gasteiger partial charge in [-0.25, -0.2) is 4.98 Å². The number of piperidine rings is 1. The summed E-state index contributed by atoms with van der Waals surface area (Å²) in [6, 6.07) is 1.23. The van der Waals surface area contributed by atoms with Gasteiger partial charge in [-0.3, -0.25) is 14.9 Å². The molecular formula is C13H17ClN4O3. The van der Waals surface area contributed by atoms with Gasteiger partial charge in [-0.2, -0.15) is 0 Å². The van der Waals surface area contributed by atoms with Crippen LogP contribution in [-0.2, 0) is 0 Å². The fourth-order valence-corrected chi connectivity index (χ4v) is 2.51. The molecule has 1 aliphatic heterocycles. The van der Waals surface area contributed by atoms with E-state index in [-0.39, 0.29) is 16.4 Å². The number of amides is 1. The molecule has 2 rings (SSSR count). The summed E-state index contributed by atoms with van der Waals surface area (Å²) in [6.45, 7) is 2.52. The molecule has 1 saturated heterocycles. The molecule has 0 spiro atoms. The standard InChI is InChI=1S/C13H17ClN4O3/c1-17-4-2-9(3-5-17)7-16-13(19)10-6-12(14)15-8-11(10)18(20)21/h6,8-9H,2-5,7H2,1H3,(H,16,19). The van der Waals surface area contributed by atoms with Gasteiger partial charge in [0.15, 0.2) is 0 Å². The van der Waals surface area contributed by atoms with Crippen molar-refractivity contribution in [3.05, 3.63) is 33.1 Å². The quantitative estimate of drug-likeness (QED) is 0.519. The van der Waals surface area contributed by atoms with Crippen LogP contribution in [-0.4, -0.2) is 47.4 Å². The summed E-state index contributed by atoms with van der Waals surface area (Å²) in [5, 5.41) is 13.7. The number of carbonyl (C=O) groups excluding carboxylic acids is 1. The molecule has 1 aliphatic rings. The highest BCUT2D eigenvalue weighted by Crippen LogP contribution is 2.21. The second-order valence-corrected chi connectivity index (χ2v) is 5.63. The van der Waals surface area contributed by atoms with Gasteiger partial charge in [0.25, 0.3) is 11.6 Å². The van der Waals surface area contributed by atoms with E-state index in [2.05, 4.69) is 22.2 Å². The third-order valence-electron chi connectivity index (χ3n) is 3.68. The Bertz CT molecular complexity index is 544. The molecule has 21 heavy (non-hydrogen) atoms. The van der Waals surface area contributed by atoms with Gasteiger partial charge < -0.3 is 10.2 Å². The summed E-state index contributed by atoms with van der Waals surface area (Å²) in [6.07, 6.45) is 3.03. The molecule has 1 N–H and O–H groups in total. The number of nitrogens with one attached hydrogen (secondary N) is 1. The maximum atomic E-state index is 12.1. The first-order valence-corrected chi connectivity index (χ1v) is 7.12. The number of aromatic nitrogens is 1. The SMILES string of the molecule is CN1CCC(CNC(=O)c2cc(Cl)ncc2[N+](=O)[O-])CC1. The van der Waals surface area contributed by atoms with E-state index in [0.29, 0.717) is 12.5 Å². The van der Waals surface area contributed by atoms with E-state index in [1.165, 1.54) is 6.07 Å². The molecular weight excluding hydrogens is 296 g/mol. The zero-order valence-corrected chi connectivity index (χ0v) is 12.5. The molecule has 7 nitrogen and oxygen atoms in total. The average molecular weight is 313 g/mol. The molecule has 0 aliphatic carbocycles. The van der Waals surface area contributed by atoms with Crippen LogP contribution < -0.4 is 5.32 Å². The van der Waals surface area contributed by atoms with Crippen LogP contribution in [0.1, 0.15) is 23.2 Å². The van der Waals surface area contributed by atoms with Gasteiger partial charge in [0, 0.05) is 6.54 Å². The van der Waals surface area contributed by atoms with Crippen LogP contribution in [0.5, 0.6) is 0 Å². The van der Waals surface area contributed by atoms with Gasteiger partial charge >= 0.3 is 0 Å². The third-order valence-corrected chi connectivity index (χ3v) is 3.89. The minimum atomic E-state index is -0.631. The van der Waals surface area contributed by atoms with Crippen molar-refractivity contribution in [2.75, 3.05) is 26.7 Å². The lowest BCUT2D eigenvalue weighted by Gasteiger charge is -2.28. The van der Waals surface area contributed by atoms with Crippen molar-refractivity contribution in [3.8, 4) is 0 Å². The molecule has 1 aromatic rings. The monoisotopic (exact) mass is 312 g/mol. The molecule has 0 unspecified atom stereocenters. The van der Waals surface area contributed by atoms with Crippen molar-refractivity contribution in [3.63, 3.8) is 0 Å². The second kappa shape index (κ2) is 6.82. The van der Waals surface area contributed by atoms with Gasteiger partial charge in [0.2, 0.25) is 0 Å². The first-order valence-electron chi connectivity index (χ1n) is 6.74. The number of pyridine rings is 1. The van der Waals surface area contributed by atoms with E-state index >= 15 is 0 Å². The number of nitro groups is 1. The van der Waals surface area contributed by atoms with Crippen LogP contribution in [0.25, 0.3) is 0 Å². The fraction of sp³-hybridized carbons (Fsp3) is 0.538. The Morgan fingerprint density at radius 3 is 2.86 bits per heavy atom. The molecule has 8 heteroatoms. The van der Waals surface area contributed by atoms with E-state index in [0.717, 1.165) is 32.1 Å². The molecule has 0 bridgehead atoms. The van der Waals surface area contributed by atoms with Gasteiger partial charge in [-0.15, -0.1) is 0 Å². The van der Waals surface area contributed by atoms with Gasteiger partial charge in [0.05, 0.1) is 4.92 Å². The summed E-state index contributed by atoms with van der Waals surface area (Å²) in [7, 11) is 2.07. The minimum absolute atomic E-state index is 0.0482. The minimum Gasteiger partial charge on any atom is -0.352 e. The van der Waals surface area contributed by atoms with Crippen LogP contribution in [0, 0.1) is 16.0 Å². The van der Waals surface area contributed by atoms with Crippen molar-refractivity contribution in [2.24, 2.45) is 5.92 Å². The molecule has 1 aromatic heterocycles. The van der Waals surface area contributed by atoms with Crippen LogP contribution >= 0.6 is 11.6 Å². The lowest BCUT2D eigenvalue weighted by Crippen LogP contribution is -2.37. The highest BCUT2D eigenvalue weighted by atomic mass is 35.5. The number of hydrogen-bond acceptors (Lipinski definition) is 5. The smallest absolute Gasteiger partial charge is 0.300 e. The lowest BCUT2D eigenvalue weighted by atomic mass is 9.97. The van der Waals surface area contributed by atoms with Gasteiger partial charge in [-0.05, 0) is 45.0 Å². The zero-order chi connectivity index (χ0) is 15.4. The third kappa shape index (κ3) is 4.12. The maximum Gasteiger partial charge on any atom is 0.300 e. The highest BCUT2D eigenvalue weighted by molar-refractivity contribution is 6.29. The first kappa shape index (κ1) is 15.7. The average Bonchev–Trinajstić information content (AvgIpc) is 2.46. The lowest BCUT2D eigenvalue weighted by molar-refractivity contribution is -0.385. The van der Waals surface area contributed by atoms with Crippen LogP contribution in [0.4, 0.5) is 5.69 Å². The van der Waals surface area contributed by atoms with E-state index in [4.69, 9.17) is 11.6 Å². The fourth-order valence-electron chi connectivity index (χ4n) is 2.35. The Labute approximate surface area is 127 Å². The predicted molar refractivity (Wildman–Crippen MR) is 78.5 cm³/mol. The Kier molecular flexibility index (Phi) is 5.08. The van der Waals surface area contributed by atoms with Gasteiger partial charge in [-0.1, -0.05) is 11.6 Å². The van der Waals surface area contributed by atoms with Crippen molar-refractivity contribution in [2.45, 2.75) is 12.8 Å². The van der Waals surface area contributed by atoms with Crippen molar-refractivity contribution in [1.82, 2.24) is 15.2 Å². The summed E-state index contributed by atoms with van der Waals surface area (Å²) < 4.78 is 0. The Balaban J connectivity index is 2.00. The van der Waals surface area contributed by atoms with Crippen molar-refractivity contribution < 1.29 is 9.72 Å². The van der Waals surface area contributed by atoms with E-state index in [1.54, 1.807) is 0 Å². The topological polar surface area (TPSA) is 88.4 Å².